The molecule has 1 aliphatic rings. The van der Waals surface area contributed by atoms with Crippen molar-refractivity contribution in [3.8, 4) is 0 Å². The summed E-state index contributed by atoms with van der Waals surface area (Å²) in [5, 5.41) is 10.6. The van der Waals surface area contributed by atoms with Crippen LogP contribution >= 0.6 is 24.2 Å². The number of nitrogens with zero attached hydrogens (tertiary/aromatic N) is 2. The van der Waals surface area contributed by atoms with Crippen LogP contribution in [0.1, 0.15) is 18.4 Å². The first kappa shape index (κ1) is 22.4. The molecule has 0 bridgehead atoms. The molecule has 0 radical (unpaired) electrons. The van der Waals surface area contributed by atoms with Crippen molar-refractivity contribution in [2.24, 2.45) is 5.92 Å². The SMILES string of the molecule is O=C(OCc1ccc([N+](=O)[O-])cc1)C1CCN(SC(=S)[S-])CC1.[K+]. The molecule has 1 fully saturated rings. The maximum atomic E-state index is 12.1. The van der Waals surface area contributed by atoms with Gasteiger partial charge >= 0.3 is 57.4 Å². The van der Waals surface area contributed by atoms with Crippen LogP contribution in [0.5, 0.6) is 0 Å². The van der Waals surface area contributed by atoms with Crippen LogP contribution in [0.3, 0.4) is 0 Å². The van der Waals surface area contributed by atoms with E-state index in [1.165, 1.54) is 24.1 Å². The average Bonchev–Trinajstić information content (AvgIpc) is 2.53. The van der Waals surface area contributed by atoms with Gasteiger partial charge in [-0.1, -0.05) is 15.5 Å². The van der Waals surface area contributed by atoms with Crippen LogP contribution in [-0.4, -0.2) is 31.8 Å². The third kappa shape index (κ3) is 7.30. The second-order valence-electron chi connectivity index (χ2n) is 5.08. The minimum atomic E-state index is -0.462. The minimum Gasteiger partial charge on any atom is -0.461 e. The van der Waals surface area contributed by atoms with Gasteiger partial charge in [0.1, 0.15) is 6.61 Å². The maximum absolute atomic E-state index is 12.1. The molecule has 10 heteroatoms. The van der Waals surface area contributed by atoms with Crippen molar-refractivity contribution >= 4 is 52.0 Å². The van der Waals surface area contributed by atoms with Crippen molar-refractivity contribution in [1.82, 2.24) is 4.31 Å². The summed E-state index contributed by atoms with van der Waals surface area (Å²) in [4.78, 5) is 22.2. The molecule has 0 saturated carbocycles. The number of ether oxygens (including phenoxy) is 1. The third-order valence-corrected chi connectivity index (χ3v) is 4.74. The van der Waals surface area contributed by atoms with Crippen molar-refractivity contribution in [3.05, 3.63) is 39.9 Å². The molecule has 1 aliphatic heterocycles. The summed E-state index contributed by atoms with van der Waals surface area (Å²) in [5.74, 6) is -0.349. The Morgan fingerprint density at radius 1 is 1.38 bits per heavy atom. The van der Waals surface area contributed by atoms with Crippen LogP contribution in [0.15, 0.2) is 24.3 Å². The molecule has 1 saturated heterocycles. The Labute approximate surface area is 198 Å². The number of rotatable bonds is 5. The van der Waals surface area contributed by atoms with Crippen LogP contribution in [-0.2, 0) is 28.8 Å². The molecule has 0 N–H and O–H groups in total. The van der Waals surface area contributed by atoms with Gasteiger partial charge in [-0.25, -0.2) is 4.31 Å². The molecule has 1 heterocycles. The molecule has 6 nitrogen and oxygen atoms in total. The standard InChI is InChI=1S/C14H16N2O4S3.K/c17-13(11-5-7-15(8-6-11)23-14(21)22)20-9-10-1-3-12(4-2-10)16(18)19;/h1-4,11H,5-9H2,(H,21,22);/q;+1/p-1. The van der Waals surface area contributed by atoms with E-state index in [0.717, 1.165) is 18.7 Å². The van der Waals surface area contributed by atoms with Gasteiger partial charge < -0.3 is 29.6 Å². The second-order valence-corrected chi connectivity index (χ2v) is 7.77. The topological polar surface area (TPSA) is 72.7 Å². The zero-order valence-corrected chi connectivity index (χ0v) is 18.7. The smallest absolute Gasteiger partial charge is 0.461 e. The number of nitro groups is 1. The molecule has 0 aromatic heterocycles. The molecule has 0 atom stereocenters. The first-order valence-corrected chi connectivity index (χ1v) is 8.58. The van der Waals surface area contributed by atoms with E-state index in [4.69, 9.17) is 29.6 Å². The van der Waals surface area contributed by atoms with E-state index < -0.39 is 4.92 Å². The van der Waals surface area contributed by atoms with Gasteiger partial charge in [-0.2, -0.15) is 0 Å². The van der Waals surface area contributed by atoms with Crippen LogP contribution in [0, 0.1) is 16.0 Å². The van der Waals surface area contributed by atoms with Gasteiger partial charge in [-0.15, -0.1) is 0 Å². The first-order valence-electron chi connectivity index (χ1n) is 6.99. The summed E-state index contributed by atoms with van der Waals surface area (Å²) in [6.45, 7) is 1.62. The molecule has 0 spiro atoms. The summed E-state index contributed by atoms with van der Waals surface area (Å²) in [7, 11) is 0. The van der Waals surface area contributed by atoms with Gasteiger partial charge in [0.2, 0.25) is 0 Å². The molecule has 0 aliphatic carbocycles. The molecule has 1 aromatic carbocycles. The fourth-order valence-electron chi connectivity index (χ4n) is 2.27. The van der Waals surface area contributed by atoms with E-state index in [0.29, 0.717) is 16.4 Å². The van der Waals surface area contributed by atoms with E-state index >= 15 is 0 Å². The Morgan fingerprint density at radius 3 is 2.46 bits per heavy atom. The molecule has 0 unspecified atom stereocenters. The molecule has 2 rings (SSSR count). The number of hydrogen-bond donors (Lipinski definition) is 0. The number of piperidine rings is 1. The van der Waals surface area contributed by atoms with Gasteiger partial charge in [-0.05, 0) is 30.5 Å². The molecular weight excluding hydrogens is 395 g/mol. The Bertz CT molecular complexity index is 592. The zero-order chi connectivity index (χ0) is 16.8. The number of carbonyl (C=O) groups excluding carboxylic acids is 1. The zero-order valence-electron chi connectivity index (χ0n) is 13.2. The second kappa shape index (κ2) is 11.1. The number of hydrogen-bond acceptors (Lipinski definition) is 8. The Hall–Kier alpha value is 0.346. The molecular formula is C14H15KN2O4S3. The summed E-state index contributed by atoms with van der Waals surface area (Å²) < 4.78 is 7.83. The largest absolute Gasteiger partial charge is 1.00 e. The van der Waals surface area contributed by atoms with Gasteiger partial charge in [0.25, 0.3) is 5.69 Å². The summed E-state index contributed by atoms with van der Waals surface area (Å²) >= 11 is 11.1. The average molecular weight is 411 g/mol. The predicted octanol–water partition coefficient (Wildman–Crippen LogP) is -0.166. The van der Waals surface area contributed by atoms with Crippen LogP contribution in [0.2, 0.25) is 0 Å². The number of thiocarbonyl (C=S) groups is 1. The number of non-ortho nitro benzene ring substituents is 1. The fourth-order valence-corrected chi connectivity index (χ4v) is 3.51. The fraction of sp³-hybridized carbons (Fsp3) is 0.429. The Balaban J connectivity index is 0.00000288. The van der Waals surface area contributed by atoms with E-state index in [2.05, 4.69) is 4.31 Å². The third-order valence-electron chi connectivity index (χ3n) is 3.52. The monoisotopic (exact) mass is 410 g/mol. The summed E-state index contributed by atoms with van der Waals surface area (Å²) in [6, 6.07) is 5.98. The van der Waals surface area contributed by atoms with E-state index in [-0.39, 0.29) is 75.6 Å². The van der Waals surface area contributed by atoms with Gasteiger partial charge in [0, 0.05) is 25.2 Å². The van der Waals surface area contributed by atoms with E-state index in [1.807, 2.05) is 0 Å². The first-order chi connectivity index (χ1) is 11.0. The Morgan fingerprint density at radius 2 is 1.96 bits per heavy atom. The van der Waals surface area contributed by atoms with Crippen molar-refractivity contribution < 1.29 is 65.8 Å². The van der Waals surface area contributed by atoms with Crippen molar-refractivity contribution in [1.29, 1.82) is 0 Å². The number of esters is 1. The minimum absolute atomic E-state index is 0. The number of carbonyl (C=O) groups is 1. The van der Waals surface area contributed by atoms with Crippen LogP contribution in [0.4, 0.5) is 5.69 Å². The number of benzene rings is 1. The molecule has 1 aromatic rings. The number of nitro benzene ring substituents is 1. The molecule has 124 valence electrons. The van der Waals surface area contributed by atoms with Crippen LogP contribution < -0.4 is 51.4 Å². The maximum Gasteiger partial charge on any atom is 1.00 e. The van der Waals surface area contributed by atoms with E-state index in [1.54, 1.807) is 12.1 Å². The van der Waals surface area contributed by atoms with Crippen LogP contribution in [0.25, 0.3) is 0 Å². The van der Waals surface area contributed by atoms with Gasteiger partial charge in [-0.3, -0.25) is 14.9 Å². The Kier molecular flexibility index (Phi) is 10.4. The predicted molar refractivity (Wildman–Crippen MR) is 94.7 cm³/mol. The van der Waals surface area contributed by atoms with Gasteiger partial charge in [0.15, 0.2) is 0 Å². The molecule has 0 amide bonds. The molecule has 24 heavy (non-hydrogen) atoms. The van der Waals surface area contributed by atoms with Crippen molar-refractivity contribution in [2.45, 2.75) is 19.4 Å². The quantitative estimate of drug-likeness (QED) is 0.126. The van der Waals surface area contributed by atoms with E-state index in [9.17, 15) is 14.9 Å². The summed E-state index contributed by atoms with van der Waals surface area (Å²) in [5.41, 5.74) is 0.748. The van der Waals surface area contributed by atoms with Crippen molar-refractivity contribution in [3.63, 3.8) is 0 Å². The summed E-state index contributed by atoms with van der Waals surface area (Å²) in [6.07, 6.45) is 1.42. The van der Waals surface area contributed by atoms with Crippen molar-refractivity contribution in [2.75, 3.05) is 13.1 Å². The normalized spacial score (nSPS) is 15.3. The van der Waals surface area contributed by atoms with Gasteiger partial charge in [0.05, 0.1) is 10.8 Å².